The molecule has 0 aliphatic rings. The van der Waals surface area contributed by atoms with E-state index in [1.807, 2.05) is 30.3 Å². The molecule has 0 amide bonds. The highest BCUT2D eigenvalue weighted by atomic mass is 32.1. The van der Waals surface area contributed by atoms with Gasteiger partial charge in [-0.1, -0.05) is 43.7 Å². The Morgan fingerprint density at radius 3 is 2.67 bits per heavy atom. The van der Waals surface area contributed by atoms with Crippen LogP contribution >= 0.6 is 11.3 Å². The third kappa shape index (κ3) is 4.55. The van der Waals surface area contributed by atoms with E-state index in [-0.39, 0.29) is 0 Å². The number of hydrogen-bond acceptors (Lipinski definition) is 4. The van der Waals surface area contributed by atoms with Crippen LogP contribution in [0.5, 0.6) is 0 Å². The van der Waals surface area contributed by atoms with Crippen LogP contribution in [0.15, 0.2) is 35.7 Å². The predicted molar refractivity (Wildman–Crippen MR) is 90.0 cm³/mol. The summed E-state index contributed by atoms with van der Waals surface area (Å²) in [7, 11) is 0. The molecule has 0 aliphatic carbocycles. The maximum Gasteiger partial charge on any atom is 0.185 e. The number of unbranched alkanes of at least 4 members (excludes halogenated alkanes) is 1. The summed E-state index contributed by atoms with van der Waals surface area (Å²) in [6, 6.07) is 9.78. The smallest absolute Gasteiger partial charge is 0.185 e. The van der Waals surface area contributed by atoms with Crippen molar-refractivity contribution in [3.8, 4) is 0 Å². The number of benzene rings is 1. The molecule has 0 bridgehead atoms. The second-order valence-electron chi connectivity index (χ2n) is 5.19. The molecule has 0 fully saturated rings. The lowest BCUT2D eigenvalue weighted by Crippen LogP contribution is -2.23. The molecule has 4 heteroatoms. The first-order valence-corrected chi connectivity index (χ1v) is 8.55. The second-order valence-corrected chi connectivity index (χ2v) is 6.02. The first-order valence-electron chi connectivity index (χ1n) is 7.67. The number of anilines is 1. The van der Waals surface area contributed by atoms with Crippen LogP contribution in [0.3, 0.4) is 0 Å². The zero-order valence-electron chi connectivity index (χ0n) is 12.8. The van der Waals surface area contributed by atoms with Crippen molar-refractivity contribution >= 4 is 16.5 Å². The topological polar surface area (TPSA) is 36.4 Å². The number of aromatic nitrogens is 1. The standard InChI is InChI=1S/C17H24N2OS/c1-3-5-11-19(4-2)17-18-15(13-21-17)12-16(20)14-9-7-6-8-10-14/h6-10,13,16,20H,3-5,11-12H2,1-2H3. The van der Waals surface area contributed by atoms with Gasteiger partial charge in [0.15, 0.2) is 5.13 Å². The highest BCUT2D eigenvalue weighted by Gasteiger charge is 2.13. The van der Waals surface area contributed by atoms with Crippen molar-refractivity contribution in [2.45, 2.75) is 39.2 Å². The van der Waals surface area contributed by atoms with Crippen molar-refractivity contribution in [1.29, 1.82) is 0 Å². The molecule has 0 saturated heterocycles. The fourth-order valence-electron chi connectivity index (χ4n) is 2.26. The van der Waals surface area contributed by atoms with Crippen LogP contribution in [-0.4, -0.2) is 23.2 Å². The van der Waals surface area contributed by atoms with Crippen molar-refractivity contribution < 1.29 is 5.11 Å². The van der Waals surface area contributed by atoms with E-state index in [1.54, 1.807) is 11.3 Å². The highest BCUT2D eigenvalue weighted by Crippen LogP contribution is 2.24. The molecule has 1 aromatic carbocycles. The van der Waals surface area contributed by atoms with E-state index in [0.717, 1.165) is 29.5 Å². The van der Waals surface area contributed by atoms with Crippen LogP contribution in [0.2, 0.25) is 0 Å². The molecular weight excluding hydrogens is 280 g/mol. The highest BCUT2D eigenvalue weighted by molar-refractivity contribution is 7.13. The lowest BCUT2D eigenvalue weighted by molar-refractivity contribution is 0.177. The molecule has 2 rings (SSSR count). The van der Waals surface area contributed by atoms with E-state index in [1.165, 1.54) is 12.8 Å². The van der Waals surface area contributed by atoms with E-state index < -0.39 is 6.10 Å². The van der Waals surface area contributed by atoms with Crippen molar-refractivity contribution in [2.24, 2.45) is 0 Å². The van der Waals surface area contributed by atoms with Crippen LogP contribution < -0.4 is 4.90 Å². The van der Waals surface area contributed by atoms with Crippen molar-refractivity contribution in [2.75, 3.05) is 18.0 Å². The molecular formula is C17H24N2OS. The van der Waals surface area contributed by atoms with Crippen LogP contribution in [0, 0.1) is 0 Å². The molecule has 1 aromatic heterocycles. The zero-order chi connectivity index (χ0) is 15.1. The van der Waals surface area contributed by atoms with Gasteiger partial charge in [0.05, 0.1) is 11.8 Å². The third-order valence-corrected chi connectivity index (χ3v) is 4.51. The van der Waals surface area contributed by atoms with Crippen LogP contribution in [-0.2, 0) is 6.42 Å². The molecule has 1 unspecified atom stereocenters. The number of thiazole rings is 1. The molecule has 2 aromatic rings. The number of hydrogen-bond donors (Lipinski definition) is 1. The van der Waals surface area contributed by atoms with E-state index in [2.05, 4.69) is 29.1 Å². The van der Waals surface area contributed by atoms with Gasteiger partial charge in [-0.2, -0.15) is 0 Å². The SMILES string of the molecule is CCCCN(CC)c1nc(CC(O)c2ccccc2)cs1. The molecule has 114 valence electrons. The average Bonchev–Trinajstić information content (AvgIpc) is 2.97. The number of nitrogens with zero attached hydrogens (tertiary/aromatic N) is 2. The van der Waals surface area contributed by atoms with E-state index in [4.69, 9.17) is 0 Å². The van der Waals surface area contributed by atoms with Gasteiger partial charge in [0.2, 0.25) is 0 Å². The third-order valence-electron chi connectivity index (χ3n) is 3.56. The Bertz CT molecular complexity index is 527. The van der Waals surface area contributed by atoms with Gasteiger partial charge in [0, 0.05) is 24.9 Å². The molecule has 1 atom stereocenters. The van der Waals surface area contributed by atoms with Crippen molar-refractivity contribution in [1.82, 2.24) is 4.98 Å². The fraction of sp³-hybridized carbons (Fsp3) is 0.471. The lowest BCUT2D eigenvalue weighted by Gasteiger charge is -2.19. The van der Waals surface area contributed by atoms with Gasteiger partial charge < -0.3 is 10.0 Å². The van der Waals surface area contributed by atoms with Crippen LogP contribution in [0.1, 0.15) is 44.1 Å². The summed E-state index contributed by atoms with van der Waals surface area (Å²) in [6.07, 6.45) is 2.48. The molecule has 1 N–H and O–H groups in total. The van der Waals surface area contributed by atoms with Gasteiger partial charge in [0.1, 0.15) is 0 Å². The zero-order valence-corrected chi connectivity index (χ0v) is 13.6. The monoisotopic (exact) mass is 304 g/mol. The largest absolute Gasteiger partial charge is 0.388 e. The van der Waals surface area contributed by atoms with Gasteiger partial charge in [-0.05, 0) is 18.9 Å². The van der Waals surface area contributed by atoms with Gasteiger partial charge in [-0.15, -0.1) is 11.3 Å². The Kier molecular flexibility index (Phi) is 6.21. The van der Waals surface area contributed by atoms with Gasteiger partial charge in [-0.25, -0.2) is 4.98 Å². The minimum atomic E-state index is -0.480. The predicted octanol–water partition coefficient (Wildman–Crippen LogP) is 4.05. The minimum Gasteiger partial charge on any atom is -0.388 e. The lowest BCUT2D eigenvalue weighted by atomic mass is 10.1. The molecule has 0 spiro atoms. The van der Waals surface area contributed by atoms with Gasteiger partial charge >= 0.3 is 0 Å². The minimum absolute atomic E-state index is 0.480. The number of aliphatic hydroxyl groups excluding tert-OH is 1. The van der Waals surface area contributed by atoms with Crippen LogP contribution in [0.25, 0.3) is 0 Å². The van der Waals surface area contributed by atoms with Crippen LogP contribution in [0.4, 0.5) is 5.13 Å². The maximum absolute atomic E-state index is 10.3. The summed E-state index contributed by atoms with van der Waals surface area (Å²) in [6.45, 7) is 6.41. The summed E-state index contributed by atoms with van der Waals surface area (Å²) in [5.74, 6) is 0. The molecule has 1 heterocycles. The Morgan fingerprint density at radius 1 is 1.24 bits per heavy atom. The molecule has 0 aliphatic heterocycles. The van der Waals surface area contributed by atoms with Crippen molar-refractivity contribution in [3.05, 3.63) is 47.0 Å². The Balaban J connectivity index is 1.99. The average molecular weight is 304 g/mol. The second kappa shape index (κ2) is 8.15. The maximum atomic E-state index is 10.3. The Labute approximate surface area is 131 Å². The number of rotatable bonds is 8. The first-order chi connectivity index (χ1) is 10.2. The first kappa shape index (κ1) is 16.0. The number of aliphatic hydroxyl groups is 1. The van der Waals surface area contributed by atoms with Gasteiger partial charge in [0.25, 0.3) is 0 Å². The molecule has 21 heavy (non-hydrogen) atoms. The molecule has 3 nitrogen and oxygen atoms in total. The van der Waals surface area contributed by atoms with E-state index in [0.29, 0.717) is 6.42 Å². The quantitative estimate of drug-likeness (QED) is 0.799. The summed E-state index contributed by atoms with van der Waals surface area (Å²) in [4.78, 5) is 7.00. The summed E-state index contributed by atoms with van der Waals surface area (Å²) < 4.78 is 0. The van der Waals surface area contributed by atoms with E-state index in [9.17, 15) is 5.11 Å². The Morgan fingerprint density at radius 2 is 2.00 bits per heavy atom. The van der Waals surface area contributed by atoms with Crippen molar-refractivity contribution in [3.63, 3.8) is 0 Å². The van der Waals surface area contributed by atoms with E-state index >= 15 is 0 Å². The summed E-state index contributed by atoms with van der Waals surface area (Å²) >= 11 is 1.67. The molecule has 0 radical (unpaired) electrons. The summed E-state index contributed by atoms with van der Waals surface area (Å²) in [5, 5.41) is 13.4. The summed E-state index contributed by atoms with van der Waals surface area (Å²) in [5.41, 5.74) is 1.92. The molecule has 0 saturated carbocycles. The fourth-order valence-corrected chi connectivity index (χ4v) is 3.19. The van der Waals surface area contributed by atoms with Gasteiger partial charge in [-0.3, -0.25) is 0 Å². The normalized spacial score (nSPS) is 12.3. The Hall–Kier alpha value is -1.39.